The Morgan fingerprint density at radius 1 is 1.02 bits per heavy atom. The predicted octanol–water partition coefficient (Wildman–Crippen LogP) is 3.23. The number of Topliss-reactive ketones (excluding diaryl/α,β-unsaturated/α-hetero) is 2. The van der Waals surface area contributed by atoms with Crippen LogP contribution in [0.15, 0.2) is 77.0 Å². The standard InChI is InChI=1S/C30H30N2O8/c1-14(33)2-9-21(15-5-7-20(8-6-15)32-29(39)16-3-4-16)17-10-18-11-19-13-23(35)25(28(31)38)27(37)30(19,40)26(36)24(18)22(34)12-17/h2,5-9,16,18-19,33,36-37,40H,1,3-4,10-13H2,(H2,31,38)(H,32,39)/b9-2-,21-17+/t18-,19-,30-/m0/s1. The molecular weight excluding hydrogens is 516 g/mol. The molecule has 0 heterocycles. The van der Waals surface area contributed by atoms with Crippen LogP contribution in [0.4, 0.5) is 5.69 Å². The lowest BCUT2D eigenvalue weighted by Gasteiger charge is -2.46. The Bertz CT molecular complexity index is 1480. The molecule has 2 saturated carbocycles. The van der Waals surface area contributed by atoms with E-state index < -0.39 is 52.0 Å². The van der Waals surface area contributed by atoms with Gasteiger partial charge in [0.15, 0.2) is 17.2 Å². The Hall–Kier alpha value is -4.44. The van der Waals surface area contributed by atoms with Gasteiger partial charge in [0.1, 0.15) is 22.9 Å². The zero-order chi connectivity index (χ0) is 28.9. The Morgan fingerprint density at radius 2 is 1.70 bits per heavy atom. The highest BCUT2D eigenvalue weighted by Gasteiger charge is 2.58. The zero-order valence-corrected chi connectivity index (χ0v) is 21.6. The molecule has 0 bridgehead atoms. The van der Waals surface area contributed by atoms with Crippen LogP contribution in [0.25, 0.3) is 5.57 Å². The van der Waals surface area contributed by atoms with E-state index in [1.165, 1.54) is 6.08 Å². The number of carbonyl (C=O) groups excluding carboxylic acids is 4. The minimum atomic E-state index is -2.46. The summed E-state index contributed by atoms with van der Waals surface area (Å²) in [6.07, 6.45) is 4.70. The van der Waals surface area contributed by atoms with E-state index in [1.54, 1.807) is 30.3 Å². The molecule has 0 aromatic heterocycles. The molecule has 0 radical (unpaired) electrons. The summed E-state index contributed by atoms with van der Waals surface area (Å²) in [6, 6.07) is 7.07. The Labute approximate surface area is 229 Å². The molecule has 0 unspecified atom stereocenters. The number of allylic oxidation sites excluding steroid dienone is 5. The van der Waals surface area contributed by atoms with E-state index in [1.807, 2.05) is 0 Å². The monoisotopic (exact) mass is 546 g/mol. The van der Waals surface area contributed by atoms with Crippen LogP contribution >= 0.6 is 0 Å². The topological polar surface area (TPSA) is 187 Å². The molecule has 0 saturated heterocycles. The SMILES string of the molecule is C=C(O)/C=C\C(=C1/CC(=O)C2=C(O)[C@]3(O)C(O)=C(C(N)=O)C(=O)C[C@@H]3C[C@@H]2C1)c1ccc(NC(=O)C2CC2)cc1. The Morgan fingerprint density at radius 3 is 2.30 bits per heavy atom. The summed E-state index contributed by atoms with van der Waals surface area (Å²) >= 11 is 0. The fraction of sp³-hybridized carbons (Fsp3) is 0.333. The fourth-order valence-electron chi connectivity index (χ4n) is 5.99. The van der Waals surface area contributed by atoms with Crippen molar-refractivity contribution >= 4 is 34.6 Å². The van der Waals surface area contributed by atoms with Gasteiger partial charge in [-0.2, -0.15) is 0 Å². The van der Waals surface area contributed by atoms with Gasteiger partial charge in [-0.1, -0.05) is 30.4 Å². The number of aliphatic hydroxyl groups is 4. The van der Waals surface area contributed by atoms with Crippen LogP contribution in [-0.2, 0) is 19.2 Å². The average molecular weight is 547 g/mol. The summed E-state index contributed by atoms with van der Waals surface area (Å²) in [5, 5.41) is 45.7. The highest BCUT2D eigenvalue weighted by atomic mass is 16.4. The van der Waals surface area contributed by atoms with E-state index in [2.05, 4.69) is 11.9 Å². The molecule has 5 rings (SSSR count). The highest BCUT2D eigenvalue weighted by Crippen LogP contribution is 2.52. The van der Waals surface area contributed by atoms with Crippen molar-refractivity contribution in [1.82, 2.24) is 0 Å². The van der Waals surface area contributed by atoms with Crippen LogP contribution in [0.2, 0.25) is 0 Å². The van der Waals surface area contributed by atoms with Gasteiger partial charge in [0, 0.05) is 35.9 Å². The van der Waals surface area contributed by atoms with E-state index in [9.17, 15) is 39.6 Å². The third-order valence-electron chi connectivity index (χ3n) is 8.14. The number of amides is 2. The highest BCUT2D eigenvalue weighted by molar-refractivity contribution is 6.20. The van der Waals surface area contributed by atoms with Gasteiger partial charge < -0.3 is 31.5 Å². The number of fused-ring (bicyclic) bond motifs is 2. The van der Waals surface area contributed by atoms with E-state index in [0.717, 1.165) is 12.8 Å². The predicted molar refractivity (Wildman–Crippen MR) is 145 cm³/mol. The molecule has 7 N–H and O–H groups in total. The lowest BCUT2D eigenvalue weighted by Crippen LogP contribution is -2.53. The molecule has 3 atom stereocenters. The molecule has 4 aliphatic rings. The maximum absolute atomic E-state index is 13.4. The molecule has 208 valence electrons. The summed E-state index contributed by atoms with van der Waals surface area (Å²) in [5.74, 6) is -5.97. The minimum absolute atomic E-state index is 0.0258. The number of rotatable bonds is 6. The number of hydrogen-bond donors (Lipinski definition) is 6. The lowest BCUT2D eigenvalue weighted by molar-refractivity contribution is -0.128. The van der Waals surface area contributed by atoms with Crippen LogP contribution in [-0.4, -0.2) is 49.4 Å². The maximum Gasteiger partial charge on any atom is 0.255 e. The van der Waals surface area contributed by atoms with Crippen LogP contribution in [0.5, 0.6) is 0 Å². The molecule has 1 aromatic rings. The summed E-state index contributed by atoms with van der Waals surface area (Å²) < 4.78 is 0. The molecule has 2 fully saturated rings. The van der Waals surface area contributed by atoms with Gasteiger partial charge in [0.2, 0.25) is 5.91 Å². The maximum atomic E-state index is 13.4. The molecule has 1 aromatic carbocycles. The normalized spacial score (nSPS) is 27.8. The van der Waals surface area contributed by atoms with E-state index >= 15 is 0 Å². The van der Waals surface area contributed by atoms with Crippen LogP contribution in [0, 0.1) is 17.8 Å². The number of primary amides is 1. The van der Waals surface area contributed by atoms with Crippen LogP contribution in [0.3, 0.4) is 0 Å². The van der Waals surface area contributed by atoms with E-state index in [0.29, 0.717) is 22.4 Å². The number of benzene rings is 1. The van der Waals surface area contributed by atoms with Gasteiger partial charge in [0.05, 0.1) is 0 Å². The van der Waals surface area contributed by atoms with Crippen molar-refractivity contribution in [2.75, 3.05) is 5.32 Å². The second kappa shape index (κ2) is 9.95. The molecular formula is C30H30N2O8. The van der Waals surface area contributed by atoms with Crippen molar-refractivity contribution < 1.29 is 39.6 Å². The van der Waals surface area contributed by atoms with Gasteiger partial charge in [-0.15, -0.1) is 0 Å². The van der Waals surface area contributed by atoms with Crippen molar-refractivity contribution in [3.05, 3.63) is 82.6 Å². The van der Waals surface area contributed by atoms with Gasteiger partial charge in [-0.3, -0.25) is 19.2 Å². The smallest absolute Gasteiger partial charge is 0.255 e. The Balaban J connectivity index is 1.52. The summed E-state index contributed by atoms with van der Waals surface area (Å²) in [4.78, 5) is 49.8. The van der Waals surface area contributed by atoms with Gasteiger partial charge in [0.25, 0.3) is 5.91 Å². The lowest BCUT2D eigenvalue weighted by atomic mass is 9.60. The summed E-state index contributed by atoms with van der Waals surface area (Å²) in [7, 11) is 0. The average Bonchev–Trinajstić information content (AvgIpc) is 3.73. The van der Waals surface area contributed by atoms with Gasteiger partial charge >= 0.3 is 0 Å². The summed E-state index contributed by atoms with van der Waals surface area (Å²) in [5.41, 5.74) is 4.62. The van der Waals surface area contributed by atoms with Crippen molar-refractivity contribution in [2.24, 2.45) is 23.5 Å². The van der Waals surface area contributed by atoms with Crippen molar-refractivity contribution in [2.45, 2.75) is 44.1 Å². The summed E-state index contributed by atoms with van der Waals surface area (Å²) in [6.45, 7) is 3.48. The molecule has 0 aliphatic heterocycles. The number of aliphatic hydroxyl groups excluding tert-OH is 3. The van der Waals surface area contributed by atoms with Crippen molar-refractivity contribution in [1.29, 1.82) is 0 Å². The number of nitrogens with two attached hydrogens (primary N) is 1. The van der Waals surface area contributed by atoms with Crippen LogP contribution < -0.4 is 11.1 Å². The zero-order valence-electron chi connectivity index (χ0n) is 21.6. The first-order chi connectivity index (χ1) is 18.9. The molecule has 2 amide bonds. The second-order valence-corrected chi connectivity index (χ2v) is 10.9. The molecule has 4 aliphatic carbocycles. The van der Waals surface area contributed by atoms with E-state index in [4.69, 9.17) is 5.73 Å². The molecule has 0 spiro atoms. The minimum Gasteiger partial charge on any atom is -0.509 e. The van der Waals surface area contributed by atoms with Gasteiger partial charge in [-0.25, -0.2) is 0 Å². The van der Waals surface area contributed by atoms with E-state index in [-0.39, 0.29) is 48.8 Å². The van der Waals surface area contributed by atoms with Gasteiger partial charge in [-0.05, 0) is 60.9 Å². The second-order valence-electron chi connectivity index (χ2n) is 10.9. The van der Waals surface area contributed by atoms with Crippen molar-refractivity contribution in [3.63, 3.8) is 0 Å². The number of nitrogens with one attached hydrogen (secondary N) is 1. The third-order valence-corrected chi connectivity index (χ3v) is 8.14. The number of carbonyl (C=O) groups is 4. The first-order valence-electron chi connectivity index (χ1n) is 13.1. The number of ketones is 2. The van der Waals surface area contributed by atoms with Crippen LogP contribution in [0.1, 0.15) is 44.1 Å². The first kappa shape index (κ1) is 27.1. The molecule has 10 nitrogen and oxygen atoms in total. The largest absolute Gasteiger partial charge is 0.509 e. The quantitative estimate of drug-likeness (QED) is 0.178. The Kier molecular flexibility index (Phi) is 6.75. The molecule has 40 heavy (non-hydrogen) atoms. The van der Waals surface area contributed by atoms with Crippen molar-refractivity contribution in [3.8, 4) is 0 Å². The molecule has 10 heteroatoms. The third kappa shape index (κ3) is 4.64. The number of hydrogen-bond acceptors (Lipinski definition) is 8. The first-order valence-corrected chi connectivity index (χ1v) is 13.1. The number of anilines is 1. The fourth-order valence-corrected chi connectivity index (χ4v) is 5.99.